The fourth-order valence-corrected chi connectivity index (χ4v) is 1.93. The molecule has 5 heteroatoms. The number of ether oxygens (including phenoxy) is 1. The molecule has 0 aliphatic rings. The molecule has 0 aromatic carbocycles. The third-order valence-corrected chi connectivity index (χ3v) is 3.08. The van der Waals surface area contributed by atoms with Crippen molar-refractivity contribution in [2.24, 2.45) is 0 Å². The summed E-state index contributed by atoms with van der Waals surface area (Å²) in [4.78, 5) is 25.3. The van der Waals surface area contributed by atoms with Crippen molar-refractivity contribution in [1.82, 2.24) is 10.2 Å². The van der Waals surface area contributed by atoms with Gasteiger partial charge in [-0.1, -0.05) is 20.3 Å². The minimum absolute atomic E-state index is 0.0351. The Balaban J connectivity index is 4.36. The maximum absolute atomic E-state index is 12.1. The highest BCUT2D eigenvalue weighted by atomic mass is 16.5. The van der Waals surface area contributed by atoms with Crippen LogP contribution in [0.4, 0.5) is 0 Å². The number of likely N-dealkylation sites (N-methyl/N-ethyl adjacent to an activating group) is 1. The molecule has 0 aromatic rings. The average molecular weight is 272 g/mol. The molecule has 0 saturated carbocycles. The van der Waals surface area contributed by atoms with E-state index in [1.165, 1.54) is 0 Å². The summed E-state index contributed by atoms with van der Waals surface area (Å²) in [7, 11) is 0. The number of hydrogen-bond acceptors (Lipinski definition) is 4. The van der Waals surface area contributed by atoms with E-state index in [1.807, 2.05) is 25.7 Å². The van der Waals surface area contributed by atoms with Gasteiger partial charge in [-0.3, -0.25) is 14.5 Å². The predicted octanol–water partition coefficient (Wildman–Crippen LogP) is 1.56. The van der Waals surface area contributed by atoms with E-state index in [0.29, 0.717) is 13.2 Å². The van der Waals surface area contributed by atoms with Gasteiger partial charge in [0.1, 0.15) is 0 Å². The van der Waals surface area contributed by atoms with E-state index in [9.17, 15) is 9.59 Å². The zero-order valence-electron chi connectivity index (χ0n) is 12.9. The lowest BCUT2D eigenvalue weighted by molar-refractivity contribution is -0.145. The Labute approximate surface area is 116 Å². The molecule has 0 radical (unpaired) electrons. The summed E-state index contributed by atoms with van der Waals surface area (Å²) >= 11 is 0. The number of carbonyl (C=O) groups is 2. The van der Waals surface area contributed by atoms with Crippen molar-refractivity contribution >= 4 is 11.9 Å². The smallest absolute Gasteiger partial charge is 0.320 e. The van der Waals surface area contributed by atoms with Crippen molar-refractivity contribution in [3.05, 3.63) is 0 Å². The van der Waals surface area contributed by atoms with Crippen molar-refractivity contribution in [1.29, 1.82) is 0 Å². The van der Waals surface area contributed by atoms with E-state index in [2.05, 4.69) is 12.2 Å². The van der Waals surface area contributed by atoms with Crippen LogP contribution in [0.3, 0.4) is 0 Å². The second-order valence-electron chi connectivity index (χ2n) is 4.74. The van der Waals surface area contributed by atoms with Crippen LogP contribution in [-0.4, -0.2) is 48.6 Å². The molecular weight excluding hydrogens is 244 g/mol. The van der Waals surface area contributed by atoms with E-state index >= 15 is 0 Å². The first kappa shape index (κ1) is 17.9. The number of hydrogen-bond donors (Lipinski definition) is 1. The summed E-state index contributed by atoms with van der Waals surface area (Å²) in [6, 6.07) is -0.157. The molecule has 0 aliphatic carbocycles. The summed E-state index contributed by atoms with van der Waals surface area (Å²) in [5.74, 6) is -0.322. The molecule has 2 unspecified atom stereocenters. The molecule has 0 aliphatic heterocycles. The van der Waals surface area contributed by atoms with Gasteiger partial charge in [-0.05, 0) is 33.7 Å². The Hall–Kier alpha value is -1.10. The largest absolute Gasteiger partial charge is 0.465 e. The number of rotatable bonds is 9. The molecule has 0 saturated heterocycles. The lowest BCUT2D eigenvalue weighted by Gasteiger charge is -2.27. The van der Waals surface area contributed by atoms with Crippen molar-refractivity contribution in [3.8, 4) is 0 Å². The quantitative estimate of drug-likeness (QED) is 0.647. The van der Waals surface area contributed by atoms with E-state index < -0.39 is 0 Å². The van der Waals surface area contributed by atoms with Crippen LogP contribution >= 0.6 is 0 Å². The van der Waals surface area contributed by atoms with E-state index in [-0.39, 0.29) is 30.5 Å². The molecule has 19 heavy (non-hydrogen) atoms. The normalized spacial score (nSPS) is 14.0. The van der Waals surface area contributed by atoms with E-state index in [1.54, 1.807) is 6.92 Å². The van der Waals surface area contributed by atoms with E-state index in [4.69, 9.17) is 4.74 Å². The van der Waals surface area contributed by atoms with Crippen LogP contribution in [0, 0.1) is 0 Å². The fraction of sp³-hybridized carbons (Fsp3) is 0.857. The van der Waals surface area contributed by atoms with Gasteiger partial charge in [-0.2, -0.15) is 0 Å². The third kappa shape index (κ3) is 7.15. The van der Waals surface area contributed by atoms with Gasteiger partial charge in [0.15, 0.2) is 0 Å². The fourth-order valence-electron chi connectivity index (χ4n) is 1.93. The highest BCUT2D eigenvalue weighted by molar-refractivity contribution is 5.82. The standard InChI is InChI=1S/C14H28N2O3/c1-6-9-11(4)15-14(18)12(5)16(7-2)10-13(17)19-8-3/h11-12H,6-10H2,1-5H3,(H,15,18). The highest BCUT2D eigenvalue weighted by Crippen LogP contribution is 2.02. The van der Waals surface area contributed by atoms with Gasteiger partial charge in [0.25, 0.3) is 0 Å². The molecular formula is C14H28N2O3. The van der Waals surface area contributed by atoms with Crippen LogP contribution < -0.4 is 5.32 Å². The van der Waals surface area contributed by atoms with Crippen molar-refractivity contribution in [3.63, 3.8) is 0 Å². The van der Waals surface area contributed by atoms with Crippen molar-refractivity contribution in [2.45, 2.75) is 59.5 Å². The second kappa shape index (κ2) is 9.78. The summed E-state index contributed by atoms with van der Waals surface area (Å²) in [5, 5.41) is 2.97. The Morgan fingerprint density at radius 3 is 2.32 bits per heavy atom. The van der Waals surface area contributed by atoms with Gasteiger partial charge in [-0.25, -0.2) is 0 Å². The molecule has 0 fully saturated rings. The van der Waals surface area contributed by atoms with Crippen LogP contribution in [0.1, 0.15) is 47.5 Å². The van der Waals surface area contributed by atoms with Crippen LogP contribution in [-0.2, 0) is 14.3 Å². The lowest BCUT2D eigenvalue weighted by Crippen LogP contribution is -2.49. The highest BCUT2D eigenvalue weighted by Gasteiger charge is 2.23. The average Bonchev–Trinajstić information content (AvgIpc) is 2.35. The first-order valence-electron chi connectivity index (χ1n) is 7.16. The molecule has 1 N–H and O–H groups in total. The maximum atomic E-state index is 12.1. The van der Waals surface area contributed by atoms with Crippen molar-refractivity contribution < 1.29 is 14.3 Å². The molecule has 0 aromatic heterocycles. The summed E-state index contributed by atoms with van der Waals surface area (Å²) in [6.07, 6.45) is 2.00. The number of esters is 1. The number of carbonyl (C=O) groups excluding carboxylic acids is 2. The Morgan fingerprint density at radius 2 is 1.84 bits per heavy atom. The van der Waals surface area contributed by atoms with Gasteiger partial charge in [0.2, 0.25) is 5.91 Å². The SMILES string of the molecule is CCCC(C)NC(=O)C(C)N(CC)CC(=O)OCC. The first-order valence-corrected chi connectivity index (χ1v) is 7.16. The van der Waals surface area contributed by atoms with Gasteiger partial charge < -0.3 is 10.1 Å². The molecule has 0 heterocycles. The van der Waals surface area contributed by atoms with Gasteiger partial charge in [0.05, 0.1) is 19.2 Å². The Morgan fingerprint density at radius 1 is 1.21 bits per heavy atom. The summed E-state index contributed by atoms with van der Waals surface area (Å²) in [5.41, 5.74) is 0. The number of nitrogens with zero attached hydrogens (tertiary/aromatic N) is 1. The number of amides is 1. The third-order valence-electron chi connectivity index (χ3n) is 3.08. The summed E-state index contributed by atoms with van der Waals surface area (Å²) in [6.45, 7) is 10.8. The molecule has 0 rings (SSSR count). The zero-order valence-corrected chi connectivity index (χ0v) is 12.9. The second-order valence-corrected chi connectivity index (χ2v) is 4.74. The van der Waals surface area contributed by atoms with Crippen LogP contribution in [0.2, 0.25) is 0 Å². The number of nitrogens with one attached hydrogen (secondary N) is 1. The predicted molar refractivity (Wildman–Crippen MR) is 75.9 cm³/mol. The van der Waals surface area contributed by atoms with Gasteiger partial charge in [0, 0.05) is 6.04 Å². The van der Waals surface area contributed by atoms with Crippen LogP contribution in [0.5, 0.6) is 0 Å². The summed E-state index contributed by atoms with van der Waals surface area (Å²) < 4.78 is 4.91. The minimum Gasteiger partial charge on any atom is -0.465 e. The van der Waals surface area contributed by atoms with Gasteiger partial charge in [-0.15, -0.1) is 0 Å². The molecule has 2 atom stereocenters. The van der Waals surface area contributed by atoms with Crippen molar-refractivity contribution in [2.75, 3.05) is 19.7 Å². The zero-order chi connectivity index (χ0) is 14.8. The van der Waals surface area contributed by atoms with Gasteiger partial charge >= 0.3 is 5.97 Å². The maximum Gasteiger partial charge on any atom is 0.320 e. The minimum atomic E-state index is -0.325. The first-order chi connectivity index (χ1) is 8.96. The topological polar surface area (TPSA) is 58.6 Å². The molecule has 112 valence electrons. The molecule has 5 nitrogen and oxygen atoms in total. The van der Waals surface area contributed by atoms with Crippen LogP contribution in [0.15, 0.2) is 0 Å². The van der Waals surface area contributed by atoms with E-state index in [0.717, 1.165) is 12.8 Å². The lowest BCUT2D eigenvalue weighted by atomic mass is 10.1. The molecule has 1 amide bonds. The molecule has 0 spiro atoms. The monoisotopic (exact) mass is 272 g/mol. The Kier molecular flexibility index (Phi) is 9.21. The van der Waals surface area contributed by atoms with Crippen LogP contribution in [0.25, 0.3) is 0 Å². The molecule has 0 bridgehead atoms. The Bertz CT molecular complexity index is 282.